The van der Waals surface area contributed by atoms with Gasteiger partial charge >= 0.3 is 0 Å². The molecule has 0 atom stereocenters. The molecule has 2 aromatic rings. The number of ether oxygens (including phenoxy) is 2. The molecular weight excluding hydrogens is 312 g/mol. The Kier molecular flexibility index (Phi) is 5.43. The fraction of sp³-hybridized carbons (Fsp3) is 0.471. The van der Waals surface area contributed by atoms with Gasteiger partial charge in [-0.1, -0.05) is 13.3 Å². The van der Waals surface area contributed by atoms with Gasteiger partial charge in [-0.25, -0.2) is 0 Å². The summed E-state index contributed by atoms with van der Waals surface area (Å²) in [5.74, 6) is 0.455. The molecule has 1 aromatic heterocycles. The van der Waals surface area contributed by atoms with Crippen LogP contribution in [0.15, 0.2) is 23.0 Å². The van der Waals surface area contributed by atoms with Crippen LogP contribution in [0.4, 0.5) is 5.69 Å². The van der Waals surface area contributed by atoms with Crippen LogP contribution in [0.3, 0.4) is 0 Å². The Labute approximate surface area is 140 Å². The second-order valence-electron chi connectivity index (χ2n) is 5.80. The van der Waals surface area contributed by atoms with Crippen molar-refractivity contribution in [3.05, 3.63) is 38.7 Å². The number of hydrogen-bond donors (Lipinski definition) is 0. The number of non-ortho nitro benzene ring substituents is 1. The third-order valence-electron chi connectivity index (χ3n) is 3.67. The molecular formula is C17H22N2O5. The van der Waals surface area contributed by atoms with Crippen molar-refractivity contribution < 1.29 is 14.4 Å². The molecule has 24 heavy (non-hydrogen) atoms. The summed E-state index contributed by atoms with van der Waals surface area (Å²) in [6.45, 7) is 6.14. The van der Waals surface area contributed by atoms with Gasteiger partial charge in [0.2, 0.25) is 5.75 Å². The third-order valence-corrected chi connectivity index (χ3v) is 3.67. The van der Waals surface area contributed by atoms with Crippen molar-refractivity contribution in [1.29, 1.82) is 0 Å². The maximum Gasteiger partial charge on any atom is 0.297 e. The minimum Gasteiger partial charge on any atom is -0.492 e. The lowest BCUT2D eigenvalue weighted by atomic mass is 10.1. The van der Waals surface area contributed by atoms with Crippen LogP contribution in [0.2, 0.25) is 0 Å². The molecule has 130 valence electrons. The van der Waals surface area contributed by atoms with E-state index < -0.39 is 4.92 Å². The first-order chi connectivity index (χ1) is 11.4. The molecule has 0 amide bonds. The maximum absolute atomic E-state index is 12.9. The normalized spacial score (nSPS) is 11.0. The van der Waals surface area contributed by atoms with Gasteiger partial charge in [-0.15, -0.1) is 0 Å². The van der Waals surface area contributed by atoms with Crippen LogP contribution in [0.25, 0.3) is 10.9 Å². The summed E-state index contributed by atoms with van der Waals surface area (Å²) in [6, 6.07) is 4.41. The molecule has 0 saturated heterocycles. The molecule has 0 saturated carbocycles. The number of hydrogen-bond acceptors (Lipinski definition) is 5. The van der Waals surface area contributed by atoms with Crippen LogP contribution in [0, 0.1) is 10.1 Å². The number of nitro groups is 1. The second-order valence-corrected chi connectivity index (χ2v) is 5.80. The minimum absolute atomic E-state index is 0.0632. The summed E-state index contributed by atoms with van der Waals surface area (Å²) in [7, 11) is 1.46. The Bertz CT molecular complexity index is 811. The lowest BCUT2D eigenvalue weighted by Gasteiger charge is -2.18. The summed E-state index contributed by atoms with van der Waals surface area (Å²) in [6.07, 6.45) is 1.49. The van der Waals surface area contributed by atoms with Gasteiger partial charge in [0, 0.05) is 24.1 Å². The highest BCUT2D eigenvalue weighted by atomic mass is 16.6. The molecule has 0 aliphatic rings. The zero-order chi connectivity index (χ0) is 17.9. The number of fused-ring (bicyclic) bond motifs is 1. The van der Waals surface area contributed by atoms with E-state index in [1.165, 1.54) is 23.8 Å². The summed E-state index contributed by atoms with van der Waals surface area (Å²) < 4.78 is 12.6. The van der Waals surface area contributed by atoms with Crippen molar-refractivity contribution >= 4 is 16.6 Å². The van der Waals surface area contributed by atoms with Gasteiger partial charge in [0.1, 0.15) is 0 Å². The van der Waals surface area contributed by atoms with Crippen molar-refractivity contribution in [3.8, 4) is 11.5 Å². The molecule has 0 aliphatic carbocycles. The standard InChI is InChI=1S/C17H22N2O5/c1-5-6-9-18-14-10-12(19(21)22)7-8-13(14)15(23-4)16(17(18)20)24-11(2)3/h7-8,10-11H,5-6,9H2,1-4H3. The number of benzene rings is 1. The highest BCUT2D eigenvalue weighted by molar-refractivity contribution is 5.89. The van der Waals surface area contributed by atoms with Gasteiger partial charge in [-0.3, -0.25) is 14.9 Å². The maximum atomic E-state index is 12.9. The van der Waals surface area contributed by atoms with E-state index in [4.69, 9.17) is 9.47 Å². The number of nitrogens with zero attached hydrogens (tertiary/aromatic N) is 2. The van der Waals surface area contributed by atoms with Gasteiger partial charge < -0.3 is 14.0 Å². The van der Waals surface area contributed by atoms with Crippen LogP contribution >= 0.6 is 0 Å². The number of nitro benzene ring substituents is 1. The molecule has 1 aromatic carbocycles. The Hall–Kier alpha value is -2.57. The van der Waals surface area contributed by atoms with Crippen molar-refractivity contribution in [3.63, 3.8) is 0 Å². The smallest absolute Gasteiger partial charge is 0.297 e. The first kappa shape index (κ1) is 17.8. The van der Waals surface area contributed by atoms with Crippen LogP contribution < -0.4 is 15.0 Å². The predicted molar refractivity (Wildman–Crippen MR) is 92.1 cm³/mol. The van der Waals surface area contributed by atoms with Crippen molar-refractivity contribution in [2.24, 2.45) is 0 Å². The zero-order valence-electron chi connectivity index (χ0n) is 14.4. The van der Waals surface area contributed by atoms with E-state index in [-0.39, 0.29) is 23.1 Å². The number of pyridine rings is 1. The van der Waals surface area contributed by atoms with E-state index in [0.717, 1.165) is 12.8 Å². The molecule has 0 bridgehead atoms. The van der Waals surface area contributed by atoms with Crippen LogP contribution in [0.5, 0.6) is 11.5 Å². The molecule has 0 radical (unpaired) electrons. The fourth-order valence-electron chi connectivity index (χ4n) is 2.58. The Morgan fingerprint density at radius 2 is 2.00 bits per heavy atom. The molecule has 0 spiro atoms. The van der Waals surface area contributed by atoms with E-state index in [1.54, 1.807) is 6.07 Å². The lowest BCUT2D eigenvalue weighted by molar-refractivity contribution is -0.384. The summed E-state index contributed by atoms with van der Waals surface area (Å²) in [5.41, 5.74) is 0.0873. The molecule has 7 heteroatoms. The first-order valence-corrected chi connectivity index (χ1v) is 7.96. The van der Waals surface area contributed by atoms with E-state index in [1.807, 2.05) is 20.8 Å². The van der Waals surface area contributed by atoms with Crippen molar-refractivity contribution in [2.45, 2.75) is 46.3 Å². The highest BCUT2D eigenvalue weighted by Gasteiger charge is 2.21. The van der Waals surface area contributed by atoms with Gasteiger partial charge in [0.25, 0.3) is 11.2 Å². The Balaban J connectivity index is 2.84. The monoisotopic (exact) mass is 334 g/mol. The topological polar surface area (TPSA) is 83.6 Å². The Morgan fingerprint density at radius 1 is 1.29 bits per heavy atom. The van der Waals surface area contributed by atoms with Crippen LogP contribution in [-0.4, -0.2) is 22.7 Å². The third kappa shape index (κ3) is 3.34. The molecule has 1 heterocycles. The van der Waals surface area contributed by atoms with Crippen LogP contribution in [0.1, 0.15) is 33.6 Å². The molecule has 0 N–H and O–H groups in total. The highest BCUT2D eigenvalue weighted by Crippen LogP contribution is 2.34. The number of aromatic nitrogens is 1. The van der Waals surface area contributed by atoms with Crippen molar-refractivity contribution in [1.82, 2.24) is 4.57 Å². The molecule has 7 nitrogen and oxygen atoms in total. The number of aryl methyl sites for hydroxylation is 1. The van der Waals surface area contributed by atoms with Gasteiger partial charge in [0.15, 0.2) is 5.75 Å². The first-order valence-electron chi connectivity index (χ1n) is 7.96. The Morgan fingerprint density at radius 3 is 2.54 bits per heavy atom. The average Bonchev–Trinajstić information content (AvgIpc) is 2.54. The summed E-state index contributed by atoms with van der Waals surface area (Å²) in [5, 5.41) is 11.7. The fourth-order valence-corrected chi connectivity index (χ4v) is 2.58. The van der Waals surface area contributed by atoms with E-state index in [2.05, 4.69) is 0 Å². The van der Waals surface area contributed by atoms with Gasteiger partial charge in [0.05, 0.1) is 23.7 Å². The van der Waals surface area contributed by atoms with Crippen LogP contribution in [-0.2, 0) is 6.54 Å². The number of unbranched alkanes of at least 4 members (excludes halogenated alkanes) is 1. The van der Waals surface area contributed by atoms with E-state index in [9.17, 15) is 14.9 Å². The molecule has 2 rings (SSSR count). The second kappa shape index (κ2) is 7.33. The quantitative estimate of drug-likeness (QED) is 0.571. The average molecular weight is 334 g/mol. The SMILES string of the molecule is CCCCn1c(=O)c(OC(C)C)c(OC)c2ccc([N+](=O)[O-])cc21. The predicted octanol–water partition coefficient (Wildman–Crippen LogP) is 3.51. The van der Waals surface area contributed by atoms with Crippen molar-refractivity contribution in [2.75, 3.05) is 7.11 Å². The summed E-state index contributed by atoms with van der Waals surface area (Å²) >= 11 is 0. The van der Waals surface area contributed by atoms with E-state index in [0.29, 0.717) is 23.2 Å². The molecule has 0 fully saturated rings. The molecule has 0 aliphatic heterocycles. The van der Waals surface area contributed by atoms with Gasteiger partial charge in [-0.05, 0) is 26.3 Å². The zero-order valence-corrected chi connectivity index (χ0v) is 14.4. The summed E-state index contributed by atoms with van der Waals surface area (Å²) in [4.78, 5) is 23.5. The minimum atomic E-state index is -0.473. The number of rotatable bonds is 7. The molecule has 0 unspecified atom stereocenters. The van der Waals surface area contributed by atoms with E-state index >= 15 is 0 Å². The largest absolute Gasteiger partial charge is 0.492 e. The number of methoxy groups -OCH3 is 1. The lowest BCUT2D eigenvalue weighted by Crippen LogP contribution is -2.25. The van der Waals surface area contributed by atoms with Gasteiger partial charge in [-0.2, -0.15) is 0 Å².